The molecule has 1 N–H and O–H groups in total. The van der Waals surface area contributed by atoms with E-state index in [1.165, 1.54) is 0 Å². The Hall–Kier alpha value is -0.420. The zero-order valence-electron chi connectivity index (χ0n) is 10.2. The molecule has 1 aliphatic rings. The van der Waals surface area contributed by atoms with Crippen molar-refractivity contribution in [1.82, 2.24) is 5.32 Å². The Balaban J connectivity index is 2.53. The molecular weight excluding hydrogens is 194 g/mol. The van der Waals surface area contributed by atoms with E-state index < -0.39 is 5.79 Å². The normalized spacial score (nSPS) is 31.1. The minimum absolute atomic E-state index is 0.0356. The molecule has 0 unspecified atom stereocenters. The minimum Gasteiger partial charge on any atom is -0.352 e. The summed E-state index contributed by atoms with van der Waals surface area (Å²) in [5.41, 5.74) is 0.0356. The Morgan fingerprint density at radius 1 is 1.40 bits per heavy atom. The summed E-state index contributed by atoms with van der Waals surface area (Å²) in [5, 5.41) is 3.34. The fourth-order valence-electron chi connectivity index (χ4n) is 1.30. The Morgan fingerprint density at radius 3 is 2.47 bits per heavy atom. The van der Waals surface area contributed by atoms with E-state index in [-0.39, 0.29) is 11.8 Å². The molecule has 0 aromatic rings. The second-order valence-electron chi connectivity index (χ2n) is 4.70. The Bertz CT molecular complexity index is 234. The number of rotatable bonds is 4. The van der Waals surface area contributed by atoms with Crippen LogP contribution in [0.4, 0.5) is 0 Å². The van der Waals surface area contributed by atoms with Crippen LogP contribution in [0.3, 0.4) is 0 Å². The highest BCUT2D eigenvalue weighted by molar-refractivity contribution is 5.06. The maximum atomic E-state index is 5.62. The van der Waals surface area contributed by atoms with Gasteiger partial charge in [0.1, 0.15) is 0 Å². The molecular formula is C11H21NO3. The average Bonchev–Trinajstić information content (AvgIpc) is 2.58. The van der Waals surface area contributed by atoms with E-state index in [9.17, 15) is 0 Å². The molecule has 0 aromatic carbocycles. The van der Waals surface area contributed by atoms with Gasteiger partial charge in [0.05, 0.1) is 6.54 Å². The molecule has 0 radical (unpaired) electrons. The van der Waals surface area contributed by atoms with Crippen LogP contribution in [-0.2, 0) is 14.2 Å². The van der Waals surface area contributed by atoms with Gasteiger partial charge in [-0.3, -0.25) is 0 Å². The van der Waals surface area contributed by atoms with Gasteiger partial charge >= 0.3 is 0 Å². The maximum Gasteiger partial charge on any atom is 0.203 e. The van der Waals surface area contributed by atoms with Crippen molar-refractivity contribution < 1.29 is 14.2 Å². The molecule has 1 rings (SSSR count). The number of hydrogen-bond acceptors (Lipinski definition) is 4. The van der Waals surface area contributed by atoms with E-state index in [1.54, 1.807) is 14.2 Å². The SMILES string of the molecule is CO[C@H]1C=C[C@@](CNC(C)(C)C)(OC)O1. The summed E-state index contributed by atoms with van der Waals surface area (Å²) in [4.78, 5) is 0. The highest BCUT2D eigenvalue weighted by atomic mass is 16.8. The molecule has 0 fully saturated rings. The second-order valence-corrected chi connectivity index (χ2v) is 4.70. The van der Waals surface area contributed by atoms with Gasteiger partial charge in [0.2, 0.25) is 5.79 Å². The molecule has 0 aromatic heterocycles. The van der Waals surface area contributed by atoms with Gasteiger partial charge in [0.15, 0.2) is 6.29 Å². The van der Waals surface area contributed by atoms with Gasteiger partial charge in [-0.1, -0.05) is 0 Å². The van der Waals surface area contributed by atoms with Gasteiger partial charge in [-0.2, -0.15) is 0 Å². The molecule has 0 aliphatic carbocycles. The van der Waals surface area contributed by atoms with Crippen LogP contribution in [0.25, 0.3) is 0 Å². The molecule has 0 spiro atoms. The minimum atomic E-state index is -0.700. The van der Waals surface area contributed by atoms with E-state index in [2.05, 4.69) is 26.1 Å². The predicted octanol–water partition coefficient (Wildman–Crippen LogP) is 1.28. The van der Waals surface area contributed by atoms with Gasteiger partial charge < -0.3 is 19.5 Å². The lowest BCUT2D eigenvalue weighted by Gasteiger charge is -2.31. The molecule has 0 saturated heterocycles. The number of hydrogen-bond donors (Lipinski definition) is 1. The van der Waals surface area contributed by atoms with Gasteiger partial charge in [0, 0.05) is 19.8 Å². The lowest BCUT2D eigenvalue weighted by molar-refractivity contribution is -0.240. The molecule has 4 heteroatoms. The third-order valence-corrected chi connectivity index (χ3v) is 2.27. The van der Waals surface area contributed by atoms with Crippen molar-refractivity contribution in [2.24, 2.45) is 0 Å². The first-order valence-electron chi connectivity index (χ1n) is 5.11. The van der Waals surface area contributed by atoms with Crippen LogP contribution in [0, 0.1) is 0 Å². The topological polar surface area (TPSA) is 39.7 Å². The zero-order valence-corrected chi connectivity index (χ0v) is 10.2. The lowest BCUT2D eigenvalue weighted by atomic mass is 10.1. The lowest BCUT2D eigenvalue weighted by Crippen LogP contribution is -2.48. The van der Waals surface area contributed by atoms with Crippen LogP contribution < -0.4 is 5.32 Å². The summed E-state index contributed by atoms with van der Waals surface area (Å²) in [6.45, 7) is 6.90. The van der Waals surface area contributed by atoms with Crippen LogP contribution in [0.15, 0.2) is 12.2 Å². The average molecular weight is 215 g/mol. The first-order valence-corrected chi connectivity index (χ1v) is 5.11. The van der Waals surface area contributed by atoms with Crippen molar-refractivity contribution in [3.05, 3.63) is 12.2 Å². The molecule has 0 amide bonds. The van der Waals surface area contributed by atoms with Gasteiger partial charge in [0.25, 0.3) is 0 Å². The highest BCUT2D eigenvalue weighted by Gasteiger charge is 2.36. The van der Waals surface area contributed by atoms with Crippen molar-refractivity contribution in [2.45, 2.75) is 38.4 Å². The van der Waals surface area contributed by atoms with Crippen molar-refractivity contribution in [3.8, 4) is 0 Å². The van der Waals surface area contributed by atoms with Crippen LogP contribution in [0.5, 0.6) is 0 Å². The maximum absolute atomic E-state index is 5.62. The largest absolute Gasteiger partial charge is 0.352 e. The van der Waals surface area contributed by atoms with Crippen LogP contribution in [0.1, 0.15) is 20.8 Å². The summed E-state index contributed by atoms with van der Waals surface area (Å²) >= 11 is 0. The molecule has 88 valence electrons. The molecule has 1 heterocycles. The van der Waals surface area contributed by atoms with Gasteiger partial charge in [-0.25, -0.2) is 0 Å². The summed E-state index contributed by atoms with van der Waals surface area (Å²) in [6.07, 6.45) is 3.43. The first kappa shape index (κ1) is 12.6. The Morgan fingerprint density at radius 2 is 2.07 bits per heavy atom. The molecule has 15 heavy (non-hydrogen) atoms. The number of methoxy groups -OCH3 is 2. The first-order chi connectivity index (χ1) is 6.91. The van der Waals surface area contributed by atoms with Crippen molar-refractivity contribution in [1.29, 1.82) is 0 Å². The quantitative estimate of drug-likeness (QED) is 0.717. The van der Waals surface area contributed by atoms with Crippen LogP contribution in [0.2, 0.25) is 0 Å². The van der Waals surface area contributed by atoms with E-state index in [0.29, 0.717) is 6.54 Å². The molecule has 4 nitrogen and oxygen atoms in total. The van der Waals surface area contributed by atoms with Gasteiger partial charge in [-0.05, 0) is 32.9 Å². The smallest absolute Gasteiger partial charge is 0.203 e. The molecule has 2 atom stereocenters. The third kappa shape index (κ3) is 3.57. The number of ether oxygens (including phenoxy) is 3. The van der Waals surface area contributed by atoms with E-state index in [4.69, 9.17) is 14.2 Å². The zero-order chi connectivity index (χ0) is 11.5. The van der Waals surface area contributed by atoms with E-state index in [0.717, 1.165) is 0 Å². The predicted molar refractivity (Wildman–Crippen MR) is 58.5 cm³/mol. The monoisotopic (exact) mass is 215 g/mol. The second kappa shape index (κ2) is 4.61. The van der Waals surface area contributed by atoms with Crippen LogP contribution >= 0.6 is 0 Å². The van der Waals surface area contributed by atoms with Crippen molar-refractivity contribution in [2.75, 3.05) is 20.8 Å². The third-order valence-electron chi connectivity index (χ3n) is 2.27. The van der Waals surface area contributed by atoms with Crippen LogP contribution in [-0.4, -0.2) is 38.4 Å². The fraction of sp³-hybridized carbons (Fsp3) is 0.818. The Kier molecular flexibility index (Phi) is 3.89. The van der Waals surface area contributed by atoms with Gasteiger partial charge in [-0.15, -0.1) is 0 Å². The summed E-state index contributed by atoms with van der Waals surface area (Å²) in [5.74, 6) is -0.700. The molecule has 0 bridgehead atoms. The standard InChI is InChI=1S/C11H21NO3/c1-10(2,3)12-8-11(14-5)7-6-9(13-4)15-11/h6-7,9,12H,8H2,1-5H3/t9-,11-/m1/s1. The summed E-state index contributed by atoms with van der Waals surface area (Å²) < 4.78 is 16.1. The highest BCUT2D eigenvalue weighted by Crippen LogP contribution is 2.24. The summed E-state index contributed by atoms with van der Waals surface area (Å²) in [7, 11) is 3.24. The Labute approximate surface area is 91.6 Å². The molecule has 0 saturated carbocycles. The molecule has 1 aliphatic heterocycles. The van der Waals surface area contributed by atoms with E-state index in [1.807, 2.05) is 12.2 Å². The fourth-order valence-corrected chi connectivity index (χ4v) is 1.30. The van der Waals surface area contributed by atoms with E-state index >= 15 is 0 Å². The summed E-state index contributed by atoms with van der Waals surface area (Å²) in [6, 6.07) is 0. The van der Waals surface area contributed by atoms with Crippen molar-refractivity contribution >= 4 is 0 Å². The number of nitrogens with one attached hydrogen (secondary N) is 1. The van der Waals surface area contributed by atoms with Crippen molar-refractivity contribution in [3.63, 3.8) is 0 Å².